The molecule has 4 aromatic rings. The van der Waals surface area contributed by atoms with Gasteiger partial charge in [-0.2, -0.15) is 0 Å². The highest BCUT2D eigenvalue weighted by atomic mass is 32.1. The number of amides is 3. The highest BCUT2D eigenvalue weighted by molar-refractivity contribution is 7.14. The van der Waals surface area contributed by atoms with Gasteiger partial charge in [-0.3, -0.25) is 30.6 Å². The number of benzene rings is 2. The van der Waals surface area contributed by atoms with Crippen molar-refractivity contribution < 1.29 is 23.5 Å². The first kappa shape index (κ1) is 22.7. The minimum Gasteiger partial charge on any atom is -0.483 e. The quantitative estimate of drug-likeness (QED) is 0.335. The van der Waals surface area contributed by atoms with E-state index in [0.717, 1.165) is 11.1 Å². The molecule has 3 N–H and O–H groups in total. The van der Waals surface area contributed by atoms with E-state index in [-0.39, 0.29) is 18.8 Å². The van der Waals surface area contributed by atoms with Crippen LogP contribution in [0, 0.1) is 0 Å². The Kier molecular flexibility index (Phi) is 7.31. The lowest BCUT2D eigenvalue weighted by atomic mass is 10.1. The Hall–Kier alpha value is -4.44. The summed E-state index contributed by atoms with van der Waals surface area (Å²) in [5.74, 6) is -0.697. The minimum atomic E-state index is -0.513. The Morgan fingerprint density at radius 1 is 0.912 bits per heavy atom. The van der Waals surface area contributed by atoms with E-state index in [1.807, 2.05) is 48.5 Å². The van der Waals surface area contributed by atoms with Crippen molar-refractivity contribution in [2.24, 2.45) is 0 Å². The standard InChI is InChI=1S/C24H20N4O5S/c29-21(13-17-15-34-24(25-17)26-23(31)20-11-6-12-32-20)27-28-22(30)14-33-19-10-5-4-9-18(19)16-7-2-1-3-8-16/h1-12,15H,13-14H2,(H,27,29)(H,28,30)(H,25,26,31). The van der Waals surface area contributed by atoms with Gasteiger partial charge in [0.05, 0.1) is 18.4 Å². The normalized spacial score (nSPS) is 10.4. The summed E-state index contributed by atoms with van der Waals surface area (Å²) >= 11 is 1.17. The number of carbonyl (C=O) groups excluding carboxylic acids is 3. The van der Waals surface area contributed by atoms with E-state index in [4.69, 9.17) is 9.15 Å². The topological polar surface area (TPSA) is 123 Å². The molecule has 10 heteroatoms. The van der Waals surface area contributed by atoms with Crippen molar-refractivity contribution in [2.75, 3.05) is 11.9 Å². The molecule has 0 saturated heterocycles. The monoisotopic (exact) mass is 476 g/mol. The average molecular weight is 477 g/mol. The van der Waals surface area contributed by atoms with Gasteiger partial charge in [-0.05, 0) is 23.8 Å². The zero-order valence-corrected chi connectivity index (χ0v) is 18.6. The Morgan fingerprint density at radius 2 is 1.68 bits per heavy atom. The van der Waals surface area contributed by atoms with Crippen LogP contribution in [0.25, 0.3) is 11.1 Å². The van der Waals surface area contributed by atoms with Gasteiger partial charge in [0.2, 0.25) is 5.91 Å². The van der Waals surface area contributed by atoms with Gasteiger partial charge in [-0.25, -0.2) is 4.98 Å². The van der Waals surface area contributed by atoms with Crippen LogP contribution in [0.3, 0.4) is 0 Å². The first-order valence-corrected chi connectivity index (χ1v) is 11.1. The second-order valence-corrected chi connectivity index (χ2v) is 7.86. The molecule has 0 atom stereocenters. The van der Waals surface area contributed by atoms with E-state index in [1.54, 1.807) is 17.5 Å². The number of furan rings is 1. The molecule has 3 amide bonds. The van der Waals surface area contributed by atoms with Gasteiger partial charge in [0, 0.05) is 10.9 Å². The molecule has 9 nitrogen and oxygen atoms in total. The Labute approximate surface area is 198 Å². The van der Waals surface area contributed by atoms with Gasteiger partial charge in [-0.1, -0.05) is 48.5 Å². The van der Waals surface area contributed by atoms with Crippen molar-refractivity contribution in [2.45, 2.75) is 6.42 Å². The summed E-state index contributed by atoms with van der Waals surface area (Å²) in [4.78, 5) is 40.4. The van der Waals surface area contributed by atoms with Gasteiger partial charge in [0.1, 0.15) is 5.75 Å². The molecule has 0 fully saturated rings. The van der Waals surface area contributed by atoms with Crippen LogP contribution in [0.5, 0.6) is 5.75 Å². The molecule has 172 valence electrons. The summed E-state index contributed by atoms with van der Waals surface area (Å²) in [7, 11) is 0. The smallest absolute Gasteiger partial charge is 0.293 e. The molecular weight excluding hydrogens is 456 g/mol. The summed E-state index contributed by atoms with van der Waals surface area (Å²) < 4.78 is 10.7. The zero-order valence-electron chi connectivity index (χ0n) is 17.8. The highest BCUT2D eigenvalue weighted by Gasteiger charge is 2.14. The summed E-state index contributed by atoms with van der Waals surface area (Å²) in [5, 5.41) is 4.57. The SMILES string of the molecule is O=C(COc1ccccc1-c1ccccc1)NNC(=O)Cc1csc(NC(=O)c2ccco2)n1. The number of hydrogen-bond donors (Lipinski definition) is 3. The fourth-order valence-electron chi connectivity index (χ4n) is 2.99. The Morgan fingerprint density at radius 3 is 2.47 bits per heavy atom. The number of para-hydroxylation sites is 1. The van der Waals surface area contributed by atoms with E-state index in [1.165, 1.54) is 23.7 Å². The van der Waals surface area contributed by atoms with Crippen molar-refractivity contribution in [1.29, 1.82) is 0 Å². The third-order valence-electron chi connectivity index (χ3n) is 4.53. The van der Waals surface area contributed by atoms with Gasteiger partial charge in [0.15, 0.2) is 17.5 Å². The molecule has 0 aliphatic heterocycles. The maximum atomic E-state index is 12.1. The minimum absolute atomic E-state index is 0.0783. The number of carbonyl (C=O) groups is 3. The lowest BCUT2D eigenvalue weighted by molar-refractivity contribution is -0.129. The summed E-state index contributed by atoms with van der Waals surface area (Å²) in [6.45, 7) is -0.274. The summed E-state index contributed by atoms with van der Waals surface area (Å²) in [5.41, 5.74) is 6.92. The molecule has 4 rings (SSSR count). The van der Waals surface area contributed by atoms with Gasteiger partial charge in [0.25, 0.3) is 11.8 Å². The van der Waals surface area contributed by atoms with Crippen molar-refractivity contribution in [3.8, 4) is 16.9 Å². The molecule has 2 heterocycles. The molecular formula is C24H20N4O5S. The van der Waals surface area contributed by atoms with Crippen LogP contribution in [-0.2, 0) is 16.0 Å². The fourth-order valence-corrected chi connectivity index (χ4v) is 3.69. The molecule has 2 aromatic heterocycles. The van der Waals surface area contributed by atoms with Crippen LogP contribution in [-0.4, -0.2) is 29.3 Å². The second-order valence-electron chi connectivity index (χ2n) is 7.00. The predicted octanol–water partition coefficient (Wildman–Crippen LogP) is 3.42. The molecule has 0 unspecified atom stereocenters. The van der Waals surface area contributed by atoms with E-state index < -0.39 is 17.7 Å². The third-order valence-corrected chi connectivity index (χ3v) is 5.34. The number of thiazole rings is 1. The fraction of sp³-hybridized carbons (Fsp3) is 0.0833. The van der Waals surface area contributed by atoms with Crippen LogP contribution in [0.4, 0.5) is 5.13 Å². The van der Waals surface area contributed by atoms with Crippen molar-refractivity contribution in [1.82, 2.24) is 15.8 Å². The first-order chi connectivity index (χ1) is 16.6. The molecule has 0 aliphatic carbocycles. The van der Waals surface area contributed by atoms with Crippen LogP contribution in [0.15, 0.2) is 82.8 Å². The number of anilines is 1. The maximum Gasteiger partial charge on any atom is 0.293 e. The van der Waals surface area contributed by atoms with Crippen LogP contribution in [0.2, 0.25) is 0 Å². The number of nitrogens with zero attached hydrogens (tertiary/aromatic N) is 1. The van der Waals surface area contributed by atoms with E-state index in [9.17, 15) is 14.4 Å². The molecule has 0 spiro atoms. The van der Waals surface area contributed by atoms with Crippen molar-refractivity contribution in [3.63, 3.8) is 0 Å². The Balaban J connectivity index is 1.23. The summed E-state index contributed by atoms with van der Waals surface area (Å²) in [6.07, 6.45) is 1.32. The molecule has 0 saturated carbocycles. The number of rotatable bonds is 8. The van der Waals surface area contributed by atoms with Crippen LogP contribution < -0.4 is 20.9 Å². The maximum absolute atomic E-state index is 12.1. The number of aromatic nitrogens is 1. The summed E-state index contributed by atoms with van der Waals surface area (Å²) in [6, 6.07) is 20.2. The second kappa shape index (κ2) is 10.9. The average Bonchev–Trinajstić information content (AvgIpc) is 3.55. The molecule has 2 aromatic carbocycles. The zero-order chi connectivity index (χ0) is 23.8. The van der Waals surface area contributed by atoms with Crippen molar-refractivity contribution >= 4 is 34.2 Å². The van der Waals surface area contributed by atoms with E-state index in [0.29, 0.717) is 16.6 Å². The molecule has 0 aliphatic rings. The van der Waals surface area contributed by atoms with E-state index >= 15 is 0 Å². The van der Waals surface area contributed by atoms with Crippen LogP contribution in [0.1, 0.15) is 16.2 Å². The molecule has 34 heavy (non-hydrogen) atoms. The predicted molar refractivity (Wildman–Crippen MR) is 126 cm³/mol. The van der Waals surface area contributed by atoms with Gasteiger partial charge >= 0.3 is 0 Å². The molecule has 0 bridgehead atoms. The number of hydrazine groups is 1. The van der Waals surface area contributed by atoms with Crippen molar-refractivity contribution in [3.05, 3.63) is 89.8 Å². The first-order valence-electron chi connectivity index (χ1n) is 10.2. The number of hydrogen-bond acceptors (Lipinski definition) is 7. The van der Waals surface area contributed by atoms with Gasteiger partial charge in [-0.15, -0.1) is 11.3 Å². The number of ether oxygens (including phenoxy) is 1. The third kappa shape index (κ3) is 6.08. The lowest BCUT2D eigenvalue weighted by Gasteiger charge is -2.12. The van der Waals surface area contributed by atoms with E-state index in [2.05, 4.69) is 21.2 Å². The Bertz CT molecular complexity index is 1270. The van der Waals surface area contributed by atoms with Crippen LogP contribution >= 0.6 is 11.3 Å². The number of nitrogens with one attached hydrogen (secondary N) is 3. The van der Waals surface area contributed by atoms with Gasteiger partial charge < -0.3 is 9.15 Å². The molecule has 0 radical (unpaired) electrons. The largest absolute Gasteiger partial charge is 0.483 e. The highest BCUT2D eigenvalue weighted by Crippen LogP contribution is 2.29. The lowest BCUT2D eigenvalue weighted by Crippen LogP contribution is -2.44.